The van der Waals surface area contributed by atoms with Gasteiger partial charge in [-0.2, -0.15) is 5.26 Å². The average molecular weight is 379 g/mol. The van der Waals surface area contributed by atoms with Crippen LogP contribution in [0.3, 0.4) is 0 Å². The van der Waals surface area contributed by atoms with Gasteiger partial charge in [-0.1, -0.05) is 18.2 Å². The highest BCUT2D eigenvalue weighted by molar-refractivity contribution is 7.13. The van der Waals surface area contributed by atoms with E-state index in [-0.39, 0.29) is 12.2 Å². The van der Waals surface area contributed by atoms with Crippen LogP contribution in [-0.4, -0.2) is 25.0 Å². The first kappa shape index (κ1) is 18.4. The van der Waals surface area contributed by atoms with Crippen LogP contribution >= 0.6 is 11.3 Å². The quantitative estimate of drug-likeness (QED) is 0.364. The molecule has 3 aromatic rings. The van der Waals surface area contributed by atoms with Crippen molar-refractivity contribution in [2.75, 3.05) is 19.0 Å². The maximum Gasteiger partial charge on any atom is 0.349 e. The van der Waals surface area contributed by atoms with E-state index in [4.69, 9.17) is 9.15 Å². The highest BCUT2D eigenvalue weighted by Crippen LogP contribution is 2.24. The third-order valence-electron chi connectivity index (χ3n) is 3.70. The standard InChI is InChI=1S/C20H17N3O3S/c1-23(2)17-7-5-14(6-8-17)10-15(11-21)20(24)26-13-16-12-25-19(22-16)18-4-3-9-27-18/h3-10,12H,13H2,1-2H3/b15-10+. The van der Waals surface area contributed by atoms with Gasteiger partial charge in [-0.3, -0.25) is 0 Å². The molecule has 2 aromatic heterocycles. The van der Waals surface area contributed by atoms with Gasteiger partial charge in [0.15, 0.2) is 0 Å². The summed E-state index contributed by atoms with van der Waals surface area (Å²) in [4.78, 5) is 19.3. The Morgan fingerprint density at radius 1 is 1.33 bits per heavy atom. The second-order valence-electron chi connectivity index (χ2n) is 5.85. The maximum atomic E-state index is 12.2. The monoisotopic (exact) mass is 379 g/mol. The Labute approximate surface area is 160 Å². The van der Waals surface area contributed by atoms with Crippen molar-refractivity contribution in [2.45, 2.75) is 6.61 Å². The molecule has 3 rings (SSSR count). The van der Waals surface area contributed by atoms with Crippen molar-refractivity contribution in [3.63, 3.8) is 0 Å². The van der Waals surface area contributed by atoms with E-state index in [0.29, 0.717) is 11.6 Å². The van der Waals surface area contributed by atoms with Crippen molar-refractivity contribution < 1.29 is 13.9 Å². The first-order valence-electron chi connectivity index (χ1n) is 8.11. The summed E-state index contributed by atoms with van der Waals surface area (Å²) in [5.41, 5.74) is 2.19. The fraction of sp³-hybridized carbons (Fsp3) is 0.150. The largest absolute Gasteiger partial charge is 0.455 e. The zero-order valence-corrected chi connectivity index (χ0v) is 15.7. The van der Waals surface area contributed by atoms with Gasteiger partial charge in [0.1, 0.15) is 30.2 Å². The normalized spacial score (nSPS) is 11.1. The Kier molecular flexibility index (Phi) is 5.69. The number of nitriles is 1. The second-order valence-corrected chi connectivity index (χ2v) is 6.80. The van der Waals surface area contributed by atoms with Crippen LogP contribution < -0.4 is 4.90 Å². The molecule has 0 aliphatic rings. The van der Waals surface area contributed by atoms with E-state index in [0.717, 1.165) is 16.1 Å². The molecule has 0 bridgehead atoms. The molecule has 1 aromatic carbocycles. The fourth-order valence-electron chi connectivity index (χ4n) is 2.28. The van der Waals surface area contributed by atoms with Crippen LogP contribution in [0, 0.1) is 11.3 Å². The number of hydrogen-bond acceptors (Lipinski definition) is 7. The number of aromatic nitrogens is 1. The molecule has 0 aliphatic carbocycles. The number of carbonyl (C=O) groups is 1. The Hall–Kier alpha value is -3.37. The summed E-state index contributed by atoms with van der Waals surface area (Å²) < 4.78 is 10.6. The Balaban J connectivity index is 1.64. The second kappa shape index (κ2) is 8.34. The zero-order chi connectivity index (χ0) is 19.2. The van der Waals surface area contributed by atoms with Crippen molar-refractivity contribution in [3.8, 4) is 16.8 Å². The van der Waals surface area contributed by atoms with Gasteiger partial charge in [0.05, 0.1) is 4.88 Å². The minimum Gasteiger partial charge on any atom is -0.455 e. The SMILES string of the molecule is CN(C)c1ccc(/C=C(\C#N)C(=O)OCc2coc(-c3cccs3)n2)cc1. The summed E-state index contributed by atoms with van der Waals surface area (Å²) in [6.07, 6.45) is 2.94. The van der Waals surface area contributed by atoms with Crippen LogP contribution in [0.2, 0.25) is 0 Å². The van der Waals surface area contributed by atoms with Crippen molar-refractivity contribution in [3.05, 3.63) is 64.9 Å². The molecule has 0 unspecified atom stereocenters. The van der Waals surface area contributed by atoms with Crippen LogP contribution in [0.4, 0.5) is 5.69 Å². The number of oxazole rings is 1. The lowest BCUT2D eigenvalue weighted by Gasteiger charge is -2.11. The number of thiophene rings is 1. The maximum absolute atomic E-state index is 12.2. The van der Waals surface area contributed by atoms with Crippen LogP contribution in [0.5, 0.6) is 0 Å². The van der Waals surface area contributed by atoms with Crippen molar-refractivity contribution in [1.82, 2.24) is 4.98 Å². The molecule has 2 heterocycles. The molecule has 6 nitrogen and oxygen atoms in total. The molecule has 0 amide bonds. The Bertz CT molecular complexity index is 980. The van der Waals surface area contributed by atoms with Crippen LogP contribution in [-0.2, 0) is 16.1 Å². The minimum atomic E-state index is -0.699. The summed E-state index contributed by atoms with van der Waals surface area (Å²) in [6.45, 7) is -0.0632. The summed E-state index contributed by atoms with van der Waals surface area (Å²) in [7, 11) is 3.88. The molecule has 7 heteroatoms. The van der Waals surface area contributed by atoms with Crippen LogP contribution in [0.25, 0.3) is 16.8 Å². The van der Waals surface area contributed by atoms with E-state index >= 15 is 0 Å². The predicted molar refractivity (Wildman–Crippen MR) is 104 cm³/mol. The van der Waals surface area contributed by atoms with E-state index in [1.165, 1.54) is 23.7 Å². The van der Waals surface area contributed by atoms with Gasteiger partial charge in [-0.25, -0.2) is 9.78 Å². The number of rotatable bonds is 6. The predicted octanol–water partition coefficient (Wildman–Crippen LogP) is 4.12. The lowest BCUT2D eigenvalue weighted by Crippen LogP contribution is -2.08. The third-order valence-corrected chi connectivity index (χ3v) is 4.55. The first-order chi connectivity index (χ1) is 13.1. The molecule has 0 saturated heterocycles. The number of hydrogen-bond donors (Lipinski definition) is 0. The van der Waals surface area contributed by atoms with Crippen LogP contribution in [0.1, 0.15) is 11.3 Å². The zero-order valence-electron chi connectivity index (χ0n) is 14.9. The van der Waals surface area contributed by atoms with Crippen molar-refractivity contribution in [1.29, 1.82) is 5.26 Å². The van der Waals surface area contributed by atoms with E-state index in [1.54, 1.807) is 0 Å². The molecule has 0 N–H and O–H groups in total. The summed E-state index contributed by atoms with van der Waals surface area (Å²) in [5, 5.41) is 11.2. The number of nitrogens with zero attached hydrogens (tertiary/aromatic N) is 3. The van der Waals surface area contributed by atoms with E-state index in [2.05, 4.69) is 4.98 Å². The van der Waals surface area contributed by atoms with Crippen molar-refractivity contribution >= 4 is 29.1 Å². The van der Waals surface area contributed by atoms with Crippen LogP contribution in [0.15, 0.2) is 58.0 Å². The van der Waals surface area contributed by atoms with Gasteiger partial charge in [-0.15, -0.1) is 11.3 Å². The summed E-state index contributed by atoms with van der Waals surface area (Å²) in [5.74, 6) is -0.220. The number of carbonyl (C=O) groups excluding carboxylic acids is 1. The Morgan fingerprint density at radius 3 is 2.74 bits per heavy atom. The van der Waals surface area contributed by atoms with Gasteiger partial charge in [-0.05, 0) is 35.2 Å². The molecule has 0 radical (unpaired) electrons. The number of anilines is 1. The number of benzene rings is 1. The minimum absolute atomic E-state index is 0.0632. The topological polar surface area (TPSA) is 79.4 Å². The summed E-state index contributed by atoms with van der Waals surface area (Å²) in [6, 6.07) is 13.2. The molecular weight excluding hydrogens is 362 g/mol. The lowest BCUT2D eigenvalue weighted by molar-refractivity contribution is -0.139. The third kappa shape index (κ3) is 4.63. The molecule has 27 heavy (non-hydrogen) atoms. The van der Waals surface area contributed by atoms with Gasteiger partial charge in [0.25, 0.3) is 0 Å². The number of ether oxygens (including phenoxy) is 1. The van der Waals surface area contributed by atoms with E-state index < -0.39 is 5.97 Å². The van der Waals surface area contributed by atoms with Gasteiger partial charge in [0.2, 0.25) is 5.89 Å². The number of esters is 1. The molecule has 0 atom stereocenters. The average Bonchev–Trinajstić information content (AvgIpc) is 3.36. The first-order valence-corrected chi connectivity index (χ1v) is 8.99. The Morgan fingerprint density at radius 2 is 2.11 bits per heavy atom. The highest BCUT2D eigenvalue weighted by atomic mass is 32.1. The smallest absolute Gasteiger partial charge is 0.349 e. The van der Waals surface area contributed by atoms with E-state index in [9.17, 15) is 10.1 Å². The molecule has 0 fully saturated rings. The van der Waals surface area contributed by atoms with Gasteiger partial charge in [0, 0.05) is 19.8 Å². The van der Waals surface area contributed by atoms with E-state index in [1.807, 2.05) is 66.8 Å². The highest BCUT2D eigenvalue weighted by Gasteiger charge is 2.13. The summed E-state index contributed by atoms with van der Waals surface area (Å²) >= 11 is 1.51. The van der Waals surface area contributed by atoms with Gasteiger partial charge < -0.3 is 14.1 Å². The molecule has 0 saturated carbocycles. The molecule has 136 valence electrons. The fourth-order valence-corrected chi connectivity index (χ4v) is 2.93. The molecular formula is C20H17N3O3S. The molecule has 0 aliphatic heterocycles. The molecule has 0 spiro atoms. The van der Waals surface area contributed by atoms with Gasteiger partial charge >= 0.3 is 5.97 Å². The lowest BCUT2D eigenvalue weighted by atomic mass is 10.1. The van der Waals surface area contributed by atoms with Crippen molar-refractivity contribution in [2.24, 2.45) is 0 Å².